The summed E-state index contributed by atoms with van der Waals surface area (Å²) in [5.41, 5.74) is 3.13. The number of fused-ring (bicyclic) bond motifs is 1. The van der Waals surface area contributed by atoms with E-state index in [2.05, 4.69) is 21.2 Å². The molecule has 28 heavy (non-hydrogen) atoms. The number of carbonyl (C=O) groups excluding carboxylic acids is 1. The van der Waals surface area contributed by atoms with Gasteiger partial charge in [-0.1, -0.05) is 13.0 Å². The third-order valence-electron chi connectivity index (χ3n) is 4.71. The van der Waals surface area contributed by atoms with Crippen molar-refractivity contribution in [3.8, 4) is 5.75 Å². The molecule has 1 aliphatic rings. The summed E-state index contributed by atoms with van der Waals surface area (Å²) in [6, 6.07) is 10.9. The summed E-state index contributed by atoms with van der Waals surface area (Å²) in [7, 11) is -1.69. The lowest BCUT2D eigenvalue weighted by atomic mass is 10.0. The average molecular weight is 467 g/mol. The largest absolute Gasteiger partial charge is 0.497 e. The first-order chi connectivity index (χ1) is 13.3. The van der Waals surface area contributed by atoms with Crippen LogP contribution in [0.4, 0.5) is 5.69 Å². The molecule has 0 saturated heterocycles. The van der Waals surface area contributed by atoms with E-state index < -0.39 is 10.0 Å². The Hall–Kier alpha value is -1.90. The lowest BCUT2D eigenvalue weighted by Crippen LogP contribution is -2.37. The van der Waals surface area contributed by atoms with Crippen molar-refractivity contribution in [1.29, 1.82) is 0 Å². The molecule has 0 radical (unpaired) electrons. The van der Waals surface area contributed by atoms with Crippen molar-refractivity contribution in [2.75, 3.05) is 24.7 Å². The monoisotopic (exact) mass is 466 g/mol. The quantitative estimate of drug-likeness (QED) is 0.701. The molecule has 3 rings (SSSR count). The summed E-state index contributed by atoms with van der Waals surface area (Å²) >= 11 is 3.39. The van der Waals surface area contributed by atoms with Gasteiger partial charge in [-0.2, -0.15) is 4.31 Å². The highest BCUT2D eigenvalue weighted by Gasteiger charge is 2.26. The van der Waals surface area contributed by atoms with Crippen LogP contribution in [0.3, 0.4) is 0 Å². The highest BCUT2D eigenvalue weighted by molar-refractivity contribution is 9.10. The van der Waals surface area contributed by atoms with Crippen LogP contribution in [0.5, 0.6) is 5.75 Å². The number of methoxy groups -OCH3 is 1. The van der Waals surface area contributed by atoms with Gasteiger partial charge in [0.2, 0.25) is 10.0 Å². The van der Waals surface area contributed by atoms with E-state index in [1.54, 1.807) is 25.3 Å². The molecule has 8 heteroatoms. The van der Waals surface area contributed by atoms with Crippen molar-refractivity contribution in [1.82, 2.24) is 4.31 Å². The molecule has 0 spiro atoms. The van der Waals surface area contributed by atoms with E-state index in [9.17, 15) is 13.2 Å². The Morgan fingerprint density at radius 2 is 2.00 bits per heavy atom. The Labute approximate surface area is 174 Å². The fourth-order valence-electron chi connectivity index (χ4n) is 3.24. The van der Waals surface area contributed by atoms with Crippen LogP contribution in [0.25, 0.3) is 0 Å². The fraction of sp³-hybridized carbons (Fsp3) is 0.350. The number of halogens is 1. The van der Waals surface area contributed by atoms with Crippen molar-refractivity contribution in [3.05, 3.63) is 57.6 Å². The normalized spacial score (nSPS) is 14.4. The molecular weight excluding hydrogens is 444 g/mol. The van der Waals surface area contributed by atoms with E-state index >= 15 is 0 Å². The van der Waals surface area contributed by atoms with Crippen LogP contribution < -0.4 is 10.1 Å². The number of ether oxygens (including phenoxy) is 1. The Bertz CT molecular complexity index is 992. The van der Waals surface area contributed by atoms with Crippen LogP contribution in [0.2, 0.25) is 0 Å². The minimum atomic E-state index is -3.24. The van der Waals surface area contributed by atoms with Gasteiger partial charge in [-0.05, 0) is 70.2 Å². The summed E-state index contributed by atoms with van der Waals surface area (Å²) in [5.74, 6) is 0.482. The van der Waals surface area contributed by atoms with Crippen LogP contribution in [0, 0.1) is 0 Å². The number of hydrogen-bond donors (Lipinski definition) is 1. The van der Waals surface area contributed by atoms with E-state index in [0.717, 1.165) is 11.1 Å². The van der Waals surface area contributed by atoms with Crippen molar-refractivity contribution in [3.63, 3.8) is 0 Å². The van der Waals surface area contributed by atoms with Gasteiger partial charge < -0.3 is 10.1 Å². The van der Waals surface area contributed by atoms with Crippen LogP contribution in [-0.2, 0) is 23.0 Å². The second kappa shape index (κ2) is 8.63. The van der Waals surface area contributed by atoms with Crippen LogP contribution in [-0.4, -0.2) is 38.0 Å². The number of nitrogens with zero attached hydrogens (tertiary/aromatic N) is 1. The highest BCUT2D eigenvalue weighted by Crippen LogP contribution is 2.27. The number of anilines is 1. The van der Waals surface area contributed by atoms with Crippen molar-refractivity contribution < 1.29 is 17.9 Å². The molecule has 0 atom stereocenters. The Kier molecular flexibility index (Phi) is 6.42. The van der Waals surface area contributed by atoms with E-state index in [0.29, 0.717) is 47.4 Å². The summed E-state index contributed by atoms with van der Waals surface area (Å²) in [4.78, 5) is 12.7. The van der Waals surface area contributed by atoms with E-state index in [-0.39, 0.29) is 11.7 Å². The summed E-state index contributed by atoms with van der Waals surface area (Å²) < 4.78 is 32.1. The molecule has 1 amide bonds. The minimum Gasteiger partial charge on any atom is -0.497 e. The molecule has 0 aliphatic carbocycles. The number of sulfonamides is 1. The number of benzene rings is 2. The van der Waals surface area contributed by atoms with E-state index in [1.807, 2.05) is 25.1 Å². The second-order valence-corrected chi connectivity index (χ2v) is 9.63. The molecule has 1 heterocycles. The van der Waals surface area contributed by atoms with Gasteiger partial charge in [0.05, 0.1) is 18.4 Å². The van der Waals surface area contributed by atoms with Crippen molar-refractivity contribution >= 4 is 37.5 Å². The third-order valence-corrected chi connectivity index (χ3v) is 7.43. The van der Waals surface area contributed by atoms with Gasteiger partial charge in [0.15, 0.2) is 0 Å². The first kappa shape index (κ1) is 20.8. The highest BCUT2D eigenvalue weighted by atomic mass is 79.9. The maximum absolute atomic E-state index is 12.7. The molecule has 1 N–H and O–H groups in total. The zero-order chi connectivity index (χ0) is 20.3. The summed E-state index contributed by atoms with van der Waals surface area (Å²) in [6.45, 7) is 2.70. The number of carbonyl (C=O) groups is 1. The smallest absolute Gasteiger partial charge is 0.256 e. The lowest BCUT2D eigenvalue weighted by molar-refractivity contribution is 0.102. The molecule has 0 saturated carbocycles. The first-order valence-electron chi connectivity index (χ1n) is 9.08. The van der Waals surface area contributed by atoms with Gasteiger partial charge in [-0.15, -0.1) is 0 Å². The number of rotatable bonds is 6. The molecule has 150 valence electrons. The Morgan fingerprint density at radius 3 is 2.71 bits per heavy atom. The molecule has 2 aromatic carbocycles. The zero-order valence-corrected chi connectivity index (χ0v) is 18.3. The van der Waals surface area contributed by atoms with Crippen molar-refractivity contribution in [2.24, 2.45) is 0 Å². The number of nitrogens with one attached hydrogen (secondary N) is 1. The lowest BCUT2D eigenvalue weighted by Gasteiger charge is -2.28. The number of amides is 1. The molecule has 0 bridgehead atoms. The topological polar surface area (TPSA) is 75.7 Å². The molecule has 0 unspecified atom stereocenters. The predicted molar refractivity (Wildman–Crippen MR) is 113 cm³/mol. The van der Waals surface area contributed by atoms with E-state index in [4.69, 9.17) is 4.74 Å². The minimum absolute atomic E-state index is 0.155. The van der Waals surface area contributed by atoms with Gasteiger partial charge in [0.25, 0.3) is 5.91 Å². The van der Waals surface area contributed by atoms with Crippen LogP contribution >= 0.6 is 15.9 Å². The average Bonchev–Trinajstić information content (AvgIpc) is 2.67. The fourth-order valence-corrected chi connectivity index (χ4v) is 5.14. The maximum Gasteiger partial charge on any atom is 0.256 e. The second-order valence-electron chi connectivity index (χ2n) is 6.68. The van der Waals surface area contributed by atoms with Crippen LogP contribution in [0.1, 0.15) is 34.8 Å². The SMILES string of the molecule is CCCS(=O)(=O)N1CCc2ccc(NC(=O)c3cc(OC)ccc3Br)cc2C1. The molecule has 2 aromatic rings. The summed E-state index contributed by atoms with van der Waals surface area (Å²) in [5, 5.41) is 2.89. The number of hydrogen-bond acceptors (Lipinski definition) is 4. The zero-order valence-electron chi connectivity index (χ0n) is 15.9. The Morgan fingerprint density at radius 1 is 1.21 bits per heavy atom. The molecule has 0 aromatic heterocycles. The van der Waals surface area contributed by atoms with Crippen molar-refractivity contribution in [2.45, 2.75) is 26.3 Å². The van der Waals surface area contributed by atoms with Gasteiger partial charge in [0, 0.05) is 23.2 Å². The Balaban J connectivity index is 1.80. The third kappa shape index (κ3) is 4.56. The predicted octanol–water partition coefficient (Wildman–Crippen LogP) is 3.81. The molecular formula is C20H23BrN2O4S. The molecule has 1 aliphatic heterocycles. The molecule has 0 fully saturated rings. The van der Waals surface area contributed by atoms with Crippen LogP contribution in [0.15, 0.2) is 40.9 Å². The van der Waals surface area contributed by atoms with Gasteiger partial charge >= 0.3 is 0 Å². The molecule has 6 nitrogen and oxygen atoms in total. The maximum atomic E-state index is 12.7. The van der Waals surface area contributed by atoms with Gasteiger partial charge in [0.1, 0.15) is 5.75 Å². The van der Waals surface area contributed by atoms with E-state index in [1.165, 1.54) is 4.31 Å². The van der Waals surface area contributed by atoms with Gasteiger partial charge in [-0.3, -0.25) is 4.79 Å². The first-order valence-corrected chi connectivity index (χ1v) is 11.5. The standard InChI is InChI=1S/C20H23BrN2O4S/c1-3-10-28(25,26)23-9-8-14-4-5-16(11-15(14)13-23)22-20(24)18-12-17(27-2)6-7-19(18)21/h4-7,11-12H,3,8-10,13H2,1-2H3,(H,22,24). The van der Waals surface area contributed by atoms with Gasteiger partial charge in [-0.25, -0.2) is 8.42 Å². The summed E-state index contributed by atoms with van der Waals surface area (Å²) in [6.07, 6.45) is 1.27.